The molecular weight excluding hydrogens is 438 g/mol. The molecule has 0 atom stereocenters. The number of hydrogen-bond donors (Lipinski definition) is 1. The Labute approximate surface area is 121 Å². The fourth-order valence-corrected chi connectivity index (χ4v) is 2.69. The van der Waals surface area contributed by atoms with E-state index in [-0.39, 0.29) is 6.61 Å². The first kappa shape index (κ1) is 14.0. The van der Waals surface area contributed by atoms with Crippen LogP contribution < -0.4 is 9.47 Å². The number of aliphatic hydroxyl groups is 1. The van der Waals surface area contributed by atoms with Crippen LogP contribution in [0.1, 0.15) is 12.5 Å². The van der Waals surface area contributed by atoms with Crippen LogP contribution in [0.4, 0.5) is 0 Å². The first-order valence-electron chi connectivity index (χ1n) is 4.35. The van der Waals surface area contributed by atoms with Crippen LogP contribution in [-0.2, 0) is 11.4 Å². The highest BCUT2D eigenvalue weighted by molar-refractivity contribution is 14.1. The molecule has 1 N–H and O–H groups in total. The lowest BCUT2D eigenvalue weighted by Crippen LogP contribution is -2.07. The summed E-state index contributed by atoms with van der Waals surface area (Å²) >= 11 is 4.09. The van der Waals surface area contributed by atoms with E-state index in [1.54, 1.807) is 6.07 Å². The highest BCUT2D eigenvalue weighted by Gasteiger charge is 2.18. The minimum absolute atomic E-state index is 0.0784. The summed E-state index contributed by atoms with van der Waals surface area (Å²) in [5, 5.41) is 9.16. The standard InChI is InChI=1S/C10H10I2O4/c1-5(14)16-9-7(11)3-6(4-13)8(12)10(9)15-2/h3,13H,4H2,1-2H3. The molecule has 0 aliphatic rings. The van der Waals surface area contributed by atoms with Gasteiger partial charge in [-0.1, -0.05) is 0 Å². The van der Waals surface area contributed by atoms with E-state index in [0.29, 0.717) is 11.5 Å². The van der Waals surface area contributed by atoms with Crippen LogP contribution in [0.5, 0.6) is 11.5 Å². The van der Waals surface area contributed by atoms with Crippen LogP contribution in [0.15, 0.2) is 6.07 Å². The molecule has 0 saturated carbocycles. The first-order valence-corrected chi connectivity index (χ1v) is 6.51. The van der Waals surface area contributed by atoms with Crippen LogP contribution in [0.2, 0.25) is 0 Å². The van der Waals surface area contributed by atoms with Gasteiger partial charge in [0.25, 0.3) is 0 Å². The topological polar surface area (TPSA) is 55.8 Å². The van der Waals surface area contributed by atoms with Crippen LogP contribution in [0.3, 0.4) is 0 Å². The Balaban J connectivity index is 3.36. The van der Waals surface area contributed by atoms with E-state index in [9.17, 15) is 4.79 Å². The smallest absolute Gasteiger partial charge is 0.308 e. The van der Waals surface area contributed by atoms with Gasteiger partial charge in [-0.3, -0.25) is 4.79 Å². The lowest BCUT2D eigenvalue weighted by molar-refractivity contribution is -0.132. The molecular formula is C10H10I2O4. The third-order valence-corrected chi connectivity index (χ3v) is 3.81. The molecule has 0 heterocycles. The fourth-order valence-electron chi connectivity index (χ4n) is 1.17. The molecule has 0 aromatic heterocycles. The van der Waals surface area contributed by atoms with Gasteiger partial charge in [0.1, 0.15) is 0 Å². The molecule has 0 saturated heterocycles. The van der Waals surface area contributed by atoms with E-state index in [4.69, 9.17) is 14.6 Å². The molecule has 0 fully saturated rings. The van der Waals surface area contributed by atoms with Gasteiger partial charge in [0.15, 0.2) is 11.5 Å². The first-order chi connectivity index (χ1) is 7.51. The molecule has 0 aliphatic carbocycles. The molecule has 1 aromatic rings. The summed E-state index contributed by atoms with van der Waals surface area (Å²) in [6.45, 7) is 1.26. The Morgan fingerprint density at radius 1 is 1.44 bits per heavy atom. The molecule has 1 aromatic carbocycles. The Bertz CT molecular complexity index is 418. The Kier molecular flexibility index (Phi) is 5.25. The third kappa shape index (κ3) is 2.98. The zero-order chi connectivity index (χ0) is 12.3. The molecule has 0 spiro atoms. The second kappa shape index (κ2) is 6.01. The summed E-state index contributed by atoms with van der Waals surface area (Å²) in [5.41, 5.74) is 0.748. The lowest BCUT2D eigenvalue weighted by atomic mass is 10.2. The van der Waals surface area contributed by atoms with E-state index in [2.05, 4.69) is 22.6 Å². The number of benzene rings is 1. The van der Waals surface area contributed by atoms with Crippen molar-refractivity contribution in [2.75, 3.05) is 7.11 Å². The number of methoxy groups -OCH3 is 1. The maximum Gasteiger partial charge on any atom is 0.308 e. The minimum Gasteiger partial charge on any atom is -0.492 e. The van der Waals surface area contributed by atoms with Gasteiger partial charge < -0.3 is 14.6 Å². The molecule has 0 amide bonds. The van der Waals surface area contributed by atoms with Crippen molar-refractivity contribution in [1.29, 1.82) is 0 Å². The SMILES string of the molecule is COc1c(I)c(CO)cc(I)c1OC(C)=O. The van der Waals surface area contributed by atoms with Crippen molar-refractivity contribution >= 4 is 51.2 Å². The Hall–Kier alpha value is -0.0900. The second-order valence-corrected chi connectivity index (χ2v) is 5.19. The highest BCUT2D eigenvalue weighted by atomic mass is 127. The molecule has 6 heteroatoms. The van der Waals surface area contributed by atoms with Crippen LogP contribution in [0, 0.1) is 7.14 Å². The summed E-state index contributed by atoms with van der Waals surface area (Å²) in [7, 11) is 1.50. The van der Waals surface area contributed by atoms with Crippen LogP contribution in [0.25, 0.3) is 0 Å². The maximum absolute atomic E-state index is 11.0. The Morgan fingerprint density at radius 3 is 2.50 bits per heavy atom. The summed E-state index contributed by atoms with van der Waals surface area (Å²) in [6, 6.07) is 1.77. The normalized spacial score (nSPS) is 10.1. The number of hydrogen-bond acceptors (Lipinski definition) is 4. The predicted octanol–water partition coefficient (Wildman–Crippen LogP) is 2.32. The van der Waals surface area contributed by atoms with Crippen molar-refractivity contribution < 1.29 is 19.4 Å². The van der Waals surface area contributed by atoms with E-state index in [0.717, 1.165) is 12.7 Å². The Morgan fingerprint density at radius 2 is 2.06 bits per heavy atom. The number of aliphatic hydroxyl groups excluding tert-OH is 1. The van der Waals surface area contributed by atoms with E-state index >= 15 is 0 Å². The lowest BCUT2D eigenvalue weighted by Gasteiger charge is -2.14. The largest absolute Gasteiger partial charge is 0.492 e. The summed E-state index contributed by atoms with van der Waals surface area (Å²) in [5.74, 6) is 0.479. The van der Waals surface area contributed by atoms with Crippen molar-refractivity contribution in [2.45, 2.75) is 13.5 Å². The number of esters is 1. The summed E-state index contributed by atoms with van der Waals surface area (Å²) in [6.07, 6.45) is 0. The number of ether oxygens (including phenoxy) is 2. The molecule has 1 rings (SSSR count). The molecule has 0 unspecified atom stereocenters. The van der Waals surface area contributed by atoms with Gasteiger partial charge in [0.2, 0.25) is 0 Å². The molecule has 88 valence electrons. The van der Waals surface area contributed by atoms with Crippen molar-refractivity contribution in [3.05, 3.63) is 18.8 Å². The van der Waals surface area contributed by atoms with E-state index in [1.165, 1.54) is 14.0 Å². The van der Waals surface area contributed by atoms with Crippen LogP contribution >= 0.6 is 45.2 Å². The minimum atomic E-state index is -0.399. The van der Waals surface area contributed by atoms with Gasteiger partial charge in [-0.25, -0.2) is 0 Å². The monoisotopic (exact) mass is 448 g/mol. The number of carbonyl (C=O) groups is 1. The molecule has 16 heavy (non-hydrogen) atoms. The second-order valence-electron chi connectivity index (χ2n) is 2.95. The van der Waals surface area contributed by atoms with Crippen molar-refractivity contribution in [3.8, 4) is 11.5 Å². The summed E-state index contributed by atoms with van der Waals surface area (Å²) in [4.78, 5) is 11.0. The number of halogens is 2. The highest BCUT2D eigenvalue weighted by Crippen LogP contribution is 2.39. The van der Waals surface area contributed by atoms with Crippen molar-refractivity contribution in [1.82, 2.24) is 0 Å². The average molecular weight is 448 g/mol. The zero-order valence-electron chi connectivity index (χ0n) is 8.71. The van der Waals surface area contributed by atoms with Gasteiger partial charge in [-0.2, -0.15) is 0 Å². The molecule has 0 radical (unpaired) electrons. The van der Waals surface area contributed by atoms with E-state index < -0.39 is 5.97 Å². The van der Waals surface area contributed by atoms with Crippen LogP contribution in [-0.4, -0.2) is 18.2 Å². The quantitative estimate of drug-likeness (QED) is 0.439. The van der Waals surface area contributed by atoms with Gasteiger partial charge in [0, 0.05) is 6.92 Å². The molecule has 4 nitrogen and oxygen atoms in total. The fraction of sp³-hybridized carbons (Fsp3) is 0.300. The molecule has 0 aliphatic heterocycles. The van der Waals surface area contributed by atoms with Gasteiger partial charge >= 0.3 is 5.97 Å². The zero-order valence-corrected chi connectivity index (χ0v) is 13.0. The van der Waals surface area contributed by atoms with Crippen molar-refractivity contribution in [3.63, 3.8) is 0 Å². The number of carbonyl (C=O) groups excluding carboxylic acids is 1. The molecule has 0 bridgehead atoms. The van der Waals surface area contributed by atoms with Gasteiger partial charge in [-0.15, -0.1) is 0 Å². The maximum atomic E-state index is 11.0. The summed E-state index contributed by atoms with van der Waals surface area (Å²) < 4.78 is 11.8. The van der Waals surface area contributed by atoms with Crippen molar-refractivity contribution in [2.24, 2.45) is 0 Å². The van der Waals surface area contributed by atoms with Gasteiger partial charge in [-0.05, 0) is 56.8 Å². The van der Waals surface area contributed by atoms with E-state index in [1.807, 2.05) is 22.6 Å². The average Bonchev–Trinajstić information content (AvgIpc) is 2.23. The third-order valence-electron chi connectivity index (χ3n) is 1.83. The predicted molar refractivity (Wildman–Crippen MR) is 75.7 cm³/mol. The number of rotatable bonds is 3. The van der Waals surface area contributed by atoms with Gasteiger partial charge in [0.05, 0.1) is 20.9 Å².